The SMILES string of the molecule is CC1(C)c2cc3c(cc2-c2ccc4oc(-c5ccccc5)nc4c21)[nH]c1ccccc13. The van der Waals surface area contributed by atoms with Gasteiger partial charge in [0.2, 0.25) is 5.89 Å². The van der Waals surface area contributed by atoms with E-state index in [4.69, 9.17) is 9.40 Å². The summed E-state index contributed by atoms with van der Waals surface area (Å²) in [5.74, 6) is 0.675. The Hall–Kier alpha value is -3.85. The predicted octanol–water partition coefficient (Wildman–Crippen LogP) is 7.44. The maximum absolute atomic E-state index is 6.17. The van der Waals surface area contributed by atoms with Gasteiger partial charge in [0.05, 0.1) is 0 Å². The highest BCUT2D eigenvalue weighted by molar-refractivity contribution is 6.10. The molecule has 0 fully saturated rings. The van der Waals surface area contributed by atoms with Crippen LogP contribution >= 0.6 is 0 Å². The Kier molecular flexibility index (Phi) is 3.07. The molecule has 6 aromatic rings. The van der Waals surface area contributed by atoms with Gasteiger partial charge in [0.25, 0.3) is 0 Å². The highest BCUT2D eigenvalue weighted by Gasteiger charge is 2.39. The summed E-state index contributed by atoms with van der Waals surface area (Å²) in [6.45, 7) is 4.60. The molecule has 2 heterocycles. The average molecular weight is 400 g/mol. The van der Waals surface area contributed by atoms with Crippen molar-refractivity contribution in [3.8, 4) is 22.6 Å². The molecule has 31 heavy (non-hydrogen) atoms. The highest BCUT2D eigenvalue weighted by atomic mass is 16.3. The van der Waals surface area contributed by atoms with Crippen LogP contribution in [0.5, 0.6) is 0 Å². The second-order valence-corrected chi connectivity index (χ2v) is 8.96. The molecule has 0 atom stereocenters. The average Bonchev–Trinajstić information content (AvgIpc) is 3.44. The molecule has 0 spiro atoms. The van der Waals surface area contributed by atoms with Gasteiger partial charge in [-0.25, -0.2) is 4.98 Å². The van der Waals surface area contributed by atoms with Crippen molar-refractivity contribution in [2.75, 3.05) is 0 Å². The minimum atomic E-state index is -0.165. The molecule has 0 unspecified atom stereocenters. The third-order valence-electron chi connectivity index (χ3n) is 6.81. The van der Waals surface area contributed by atoms with E-state index in [0.29, 0.717) is 5.89 Å². The van der Waals surface area contributed by atoms with E-state index in [-0.39, 0.29) is 5.41 Å². The third kappa shape index (κ3) is 2.15. The summed E-state index contributed by atoms with van der Waals surface area (Å²) in [6.07, 6.45) is 0. The van der Waals surface area contributed by atoms with Crippen LogP contribution < -0.4 is 0 Å². The molecule has 1 aliphatic carbocycles. The van der Waals surface area contributed by atoms with Crippen LogP contribution in [-0.2, 0) is 5.41 Å². The number of fused-ring (bicyclic) bond motifs is 8. The van der Waals surface area contributed by atoms with Crippen LogP contribution in [0.3, 0.4) is 0 Å². The summed E-state index contributed by atoms with van der Waals surface area (Å²) >= 11 is 0. The van der Waals surface area contributed by atoms with Gasteiger partial charge in [0.15, 0.2) is 5.58 Å². The topological polar surface area (TPSA) is 41.8 Å². The summed E-state index contributed by atoms with van der Waals surface area (Å²) in [7, 11) is 0. The minimum Gasteiger partial charge on any atom is -0.436 e. The number of benzene rings is 4. The molecule has 4 aromatic carbocycles. The first-order valence-electron chi connectivity index (χ1n) is 10.7. The fourth-order valence-electron chi connectivity index (χ4n) is 5.33. The van der Waals surface area contributed by atoms with Gasteiger partial charge in [-0.15, -0.1) is 0 Å². The first kappa shape index (κ1) is 16.9. The lowest BCUT2D eigenvalue weighted by Gasteiger charge is -2.21. The first-order chi connectivity index (χ1) is 15.1. The lowest BCUT2D eigenvalue weighted by molar-refractivity contribution is 0.619. The van der Waals surface area contributed by atoms with E-state index >= 15 is 0 Å². The van der Waals surface area contributed by atoms with Gasteiger partial charge < -0.3 is 9.40 Å². The first-order valence-corrected chi connectivity index (χ1v) is 10.7. The number of nitrogens with zero attached hydrogens (tertiary/aromatic N) is 1. The molecule has 2 aromatic heterocycles. The lowest BCUT2D eigenvalue weighted by Crippen LogP contribution is -2.15. The summed E-state index contributed by atoms with van der Waals surface area (Å²) < 4.78 is 6.17. The Morgan fingerprint density at radius 2 is 1.58 bits per heavy atom. The van der Waals surface area contributed by atoms with Gasteiger partial charge in [-0.3, -0.25) is 0 Å². The molecule has 3 heteroatoms. The molecule has 148 valence electrons. The molecule has 1 N–H and O–H groups in total. The van der Waals surface area contributed by atoms with Gasteiger partial charge in [0.1, 0.15) is 5.52 Å². The Morgan fingerprint density at radius 3 is 2.45 bits per heavy atom. The number of oxazole rings is 1. The van der Waals surface area contributed by atoms with Gasteiger partial charge in [-0.05, 0) is 58.7 Å². The number of hydrogen-bond acceptors (Lipinski definition) is 2. The van der Waals surface area contributed by atoms with Crippen molar-refractivity contribution in [3.63, 3.8) is 0 Å². The van der Waals surface area contributed by atoms with E-state index in [2.05, 4.69) is 67.4 Å². The Labute approximate surface area is 179 Å². The maximum Gasteiger partial charge on any atom is 0.227 e. The predicted molar refractivity (Wildman–Crippen MR) is 126 cm³/mol. The molecule has 0 amide bonds. The van der Waals surface area contributed by atoms with Gasteiger partial charge in [0, 0.05) is 32.8 Å². The van der Waals surface area contributed by atoms with Crippen LogP contribution in [0.1, 0.15) is 25.0 Å². The van der Waals surface area contributed by atoms with E-state index in [1.54, 1.807) is 0 Å². The van der Waals surface area contributed by atoms with E-state index in [0.717, 1.165) is 16.7 Å². The quantitative estimate of drug-likeness (QED) is 0.312. The number of aromatic nitrogens is 2. The summed E-state index contributed by atoms with van der Waals surface area (Å²) in [4.78, 5) is 8.56. The Morgan fingerprint density at radius 1 is 0.774 bits per heavy atom. The molecule has 0 saturated heterocycles. The molecule has 0 radical (unpaired) electrons. The van der Waals surface area contributed by atoms with Crippen molar-refractivity contribution in [2.45, 2.75) is 19.3 Å². The van der Waals surface area contributed by atoms with Crippen LogP contribution in [0.15, 0.2) is 83.3 Å². The normalized spacial score (nSPS) is 14.4. The molecule has 7 rings (SSSR count). The van der Waals surface area contributed by atoms with Crippen molar-refractivity contribution < 1.29 is 4.42 Å². The largest absolute Gasteiger partial charge is 0.436 e. The third-order valence-corrected chi connectivity index (χ3v) is 6.81. The molecule has 0 saturated carbocycles. The number of aromatic amines is 1. The summed E-state index contributed by atoms with van der Waals surface area (Å²) in [6, 6.07) is 27.6. The Bertz CT molecular complexity index is 1650. The van der Waals surface area contributed by atoms with E-state index in [9.17, 15) is 0 Å². The summed E-state index contributed by atoms with van der Waals surface area (Å²) in [5.41, 5.74) is 10.1. The molecule has 3 nitrogen and oxygen atoms in total. The zero-order valence-electron chi connectivity index (χ0n) is 17.4. The van der Waals surface area contributed by atoms with Gasteiger partial charge in [-0.2, -0.15) is 0 Å². The van der Waals surface area contributed by atoms with Crippen molar-refractivity contribution in [3.05, 3.63) is 90.0 Å². The second-order valence-electron chi connectivity index (χ2n) is 8.96. The number of nitrogens with one attached hydrogen (secondary N) is 1. The zero-order chi connectivity index (χ0) is 20.7. The van der Waals surface area contributed by atoms with Crippen LogP contribution in [0, 0.1) is 0 Å². The van der Waals surface area contributed by atoms with E-state index in [1.165, 1.54) is 44.1 Å². The smallest absolute Gasteiger partial charge is 0.227 e. The van der Waals surface area contributed by atoms with Crippen molar-refractivity contribution in [1.82, 2.24) is 9.97 Å². The minimum absolute atomic E-state index is 0.165. The number of para-hydroxylation sites is 1. The number of hydrogen-bond donors (Lipinski definition) is 1. The van der Waals surface area contributed by atoms with Crippen molar-refractivity contribution in [2.24, 2.45) is 0 Å². The molecule has 0 aliphatic heterocycles. The monoisotopic (exact) mass is 400 g/mol. The van der Waals surface area contributed by atoms with Gasteiger partial charge >= 0.3 is 0 Å². The summed E-state index contributed by atoms with van der Waals surface area (Å²) in [5, 5.41) is 2.54. The van der Waals surface area contributed by atoms with Crippen LogP contribution in [0.4, 0.5) is 0 Å². The zero-order valence-corrected chi connectivity index (χ0v) is 17.4. The van der Waals surface area contributed by atoms with E-state index < -0.39 is 0 Å². The van der Waals surface area contributed by atoms with E-state index in [1.807, 2.05) is 30.3 Å². The van der Waals surface area contributed by atoms with Crippen molar-refractivity contribution in [1.29, 1.82) is 0 Å². The van der Waals surface area contributed by atoms with Gasteiger partial charge in [-0.1, -0.05) is 56.3 Å². The highest BCUT2D eigenvalue weighted by Crippen LogP contribution is 2.52. The fourth-order valence-corrected chi connectivity index (χ4v) is 5.33. The fraction of sp³-hybridized carbons (Fsp3) is 0.107. The lowest BCUT2D eigenvalue weighted by atomic mass is 9.81. The van der Waals surface area contributed by atoms with Crippen LogP contribution in [-0.4, -0.2) is 9.97 Å². The van der Waals surface area contributed by atoms with Crippen LogP contribution in [0.2, 0.25) is 0 Å². The molecular formula is C28H20N2O. The molecule has 0 bridgehead atoms. The standard InChI is InChI=1S/C28H20N2O/c1-28(2)21-14-20-17-10-6-7-11-22(17)29-23(20)15-19(21)18-12-13-24-26(25(18)28)30-27(31-24)16-8-4-3-5-9-16/h3-15,29H,1-2H3. The maximum atomic E-state index is 6.17. The second kappa shape index (κ2) is 5.64. The Balaban J connectivity index is 1.52. The molecule has 1 aliphatic rings. The molecular weight excluding hydrogens is 380 g/mol. The van der Waals surface area contributed by atoms with Crippen LogP contribution in [0.25, 0.3) is 55.5 Å². The number of H-pyrrole nitrogens is 1. The number of rotatable bonds is 1. The van der Waals surface area contributed by atoms with Crippen molar-refractivity contribution >= 4 is 32.9 Å².